The van der Waals surface area contributed by atoms with Crippen LogP contribution < -0.4 is 15.5 Å². The van der Waals surface area contributed by atoms with Crippen LogP contribution in [0.4, 0.5) is 26.4 Å². The molecule has 0 aliphatic carbocycles. The Morgan fingerprint density at radius 1 is 1.07 bits per heavy atom. The van der Waals surface area contributed by atoms with Crippen molar-refractivity contribution in [3.8, 4) is 11.4 Å². The van der Waals surface area contributed by atoms with Crippen molar-refractivity contribution in [2.24, 2.45) is 4.99 Å². The number of rotatable bonds is 8. The number of amides is 3. The molecule has 0 bridgehead atoms. The predicted molar refractivity (Wildman–Crippen MR) is 169 cm³/mol. The zero-order valence-electron chi connectivity index (χ0n) is 24.5. The first-order valence-corrected chi connectivity index (χ1v) is 13.9. The third-order valence-electron chi connectivity index (χ3n) is 6.99. The molecule has 1 aliphatic rings. The molecule has 4 aromatic rings. The molecule has 13 heteroatoms. The van der Waals surface area contributed by atoms with E-state index in [-0.39, 0.29) is 17.2 Å². The normalized spacial score (nSPS) is 14.0. The maximum Gasteiger partial charge on any atom is 0.323 e. The summed E-state index contributed by atoms with van der Waals surface area (Å²) < 4.78 is 20.0. The topological polar surface area (TPSA) is 149 Å². The number of urea groups is 1. The molecule has 3 heterocycles. The lowest BCUT2D eigenvalue weighted by atomic mass is 10.0. The highest BCUT2D eigenvalue weighted by atomic mass is 19.1. The second-order valence-electron chi connectivity index (χ2n) is 10.3. The number of pyridine rings is 1. The molecule has 3 amide bonds. The number of halogens is 1. The fraction of sp³-hybridized carbons (Fsp3) is 0.258. The van der Waals surface area contributed by atoms with E-state index in [1.165, 1.54) is 37.3 Å². The fourth-order valence-corrected chi connectivity index (χ4v) is 4.71. The average Bonchev–Trinajstić information content (AvgIpc) is 3.03. The van der Waals surface area contributed by atoms with Crippen LogP contribution in [0, 0.1) is 11.2 Å². The van der Waals surface area contributed by atoms with Crippen LogP contribution in [0.25, 0.3) is 22.4 Å². The van der Waals surface area contributed by atoms with E-state index in [2.05, 4.69) is 25.5 Å². The molecule has 1 saturated heterocycles. The number of fused-ring (bicyclic) bond motifs is 1. The maximum atomic E-state index is 14.4. The summed E-state index contributed by atoms with van der Waals surface area (Å²) in [5.41, 5.74) is 3.42. The number of morpholine rings is 1. The Labute approximate surface area is 253 Å². The van der Waals surface area contributed by atoms with Gasteiger partial charge < -0.3 is 30.6 Å². The monoisotopic (exact) mass is 597 g/mol. The molecule has 0 radical (unpaired) electrons. The number of carbonyl (C=O) groups excluding carboxylic acids is 2. The van der Waals surface area contributed by atoms with Gasteiger partial charge in [-0.2, -0.15) is 0 Å². The molecular weight excluding hydrogens is 565 g/mol. The van der Waals surface area contributed by atoms with Gasteiger partial charge in [-0.05, 0) is 54.1 Å². The minimum Gasteiger partial charge on any atom is -0.378 e. The molecule has 3 N–H and O–H groups in total. The van der Waals surface area contributed by atoms with Gasteiger partial charge in [-0.25, -0.2) is 19.2 Å². The Kier molecular flexibility index (Phi) is 9.15. The van der Waals surface area contributed by atoms with Crippen molar-refractivity contribution in [3.63, 3.8) is 0 Å². The second-order valence-corrected chi connectivity index (χ2v) is 10.3. The number of hydrogen-bond donors (Lipinski definition) is 3. The van der Waals surface area contributed by atoms with Gasteiger partial charge in [-0.15, -0.1) is 0 Å². The van der Waals surface area contributed by atoms with Crippen molar-refractivity contribution >= 4 is 52.6 Å². The third kappa shape index (κ3) is 6.68. The quantitative estimate of drug-likeness (QED) is 0.254. The second kappa shape index (κ2) is 13.3. The highest BCUT2D eigenvalue weighted by Crippen LogP contribution is 2.29. The van der Waals surface area contributed by atoms with E-state index in [0.29, 0.717) is 54.7 Å². The maximum absolute atomic E-state index is 14.4. The summed E-state index contributed by atoms with van der Waals surface area (Å²) >= 11 is 0. The summed E-state index contributed by atoms with van der Waals surface area (Å²) in [6.07, 6.45) is 4.71. The van der Waals surface area contributed by atoms with Crippen molar-refractivity contribution < 1.29 is 18.7 Å². The van der Waals surface area contributed by atoms with Gasteiger partial charge in [0.15, 0.2) is 11.6 Å². The number of hydrogen-bond acceptors (Lipinski definition) is 9. The number of anilines is 3. The van der Waals surface area contributed by atoms with Crippen LogP contribution in [0.2, 0.25) is 0 Å². The zero-order valence-corrected chi connectivity index (χ0v) is 24.5. The standard InChI is InChI=1S/C31H32FN9O3/c1-34-17-21(16-33)20-14-26-27(35-18-20)29(41-10-12-44-13-11-41)39-28(38-26)19-4-6-22(7-5-19)36-31(43)37-23-8-9-24(25(32)15-23)30(42)40(2)3/h4-9,14-18,21,33H,10-13H2,1-3H3,(H2,36,37,43). The van der Waals surface area contributed by atoms with Crippen LogP contribution >= 0.6 is 0 Å². The lowest BCUT2D eigenvalue weighted by Gasteiger charge is -2.28. The van der Waals surface area contributed by atoms with Crippen molar-refractivity contribution in [3.05, 3.63) is 71.7 Å². The highest BCUT2D eigenvalue weighted by Gasteiger charge is 2.20. The summed E-state index contributed by atoms with van der Waals surface area (Å²) in [5.74, 6) is -0.348. The van der Waals surface area contributed by atoms with Gasteiger partial charge in [-0.1, -0.05) is 0 Å². The number of ether oxygens (including phenoxy) is 1. The van der Waals surface area contributed by atoms with Crippen LogP contribution in [-0.4, -0.2) is 91.7 Å². The molecule has 5 rings (SSSR count). The first-order valence-electron chi connectivity index (χ1n) is 13.9. The molecule has 1 fully saturated rings. The molecule has 0 spiro atoms. The van der Waals surface area contributed by atoms with Gasteiger partial charge in [0.05, 0.1) is 30.2 Å². The van der Waals surface area contributed by atoms with E-state index in [0.717, 1.165) is 17.2 Å². The van der Waals surface area contributed by atoms with Crippen LogP contribution in [0.5, 0.6) is 0 Å². The number of nitrogens with zero attached hydrogens (tertiary/aromatic N) is 6. The Morgan fingerprint density at radius 3 is 2.43 bits per heavy atom. The summed E-state index contributed by atoms with van der Waals surface area (Å²) in [6, 6.07) is 12.2. The van der Waals surface area contributed by atoms with E-state index < -0.39 is 17.8 Å². The van der Waals surface area contributed by atoms with Crippen LogP contribution in [0.15, 0.2) is 59.7 Å². The Balaban J connectivity index is 1.38. The number of nitrogens with one attached hydrogen (secondary N) is 3. The van der Waals surface area contributed by atoms with Crippen LogP contribution in [-0.2, 0) is 4.74 Å². The Hall–Kier alpha value is -5.30. The van der Waals surface area contributed by atoms with Gasteiger partial charge in [0.1, 0.15) is 11.3 Å². The largest absolute Gasteiger partial charge is 0.378 e. The Morgan fingerprint density at radius 2 is 1.77 bits per heavy atom. The Bertz CT molecular complexity index is 1720. The molecule has 2 aromatic heterocycles. The fourth-order valence-electron chi connectivity index (χ4n) is 4.71. The third-order valence-corrected chi connectivity index (χ3v) is 6.99. The van der Waals surface area contributed by atoms with Crippen molar-refractivity contribution in [1.82, 2.24) is 19.9 Å². The van der Waals surface area contributed by atoms with E-state index >= 15 is 0 Å². The first-order chi connectivity index (χ1) is 21.3. The molecule has 0 saturated carbocycles. The minimum absolute atomic E-state index is 0.0828. The van der Waals surface area contributed by atoms with E-state index in [1.54, 1.807) is 43.7 Å². The molecule has 226 valence electrons. The first kappa shape index (κ1) is 30.2. The molecule has 1 atom stereocenters. The van der Waals surface area contributed by atoms with Crippen LogP contribution in [0.1, 0.15) is 21.8 Å². The predicted octanol–water partition coefficient (Wildman–Crippen LogP) is 4.45. The average molecular weight is 598 g/mol. The summed E-state index contributed by atoms with van der Waals surface area (Å²) in [6.45, 7) is 2.48. The minimum atomic E-state index is -0.730. The highest BCUT2D eigenvalue weighted by molar-refractivity contribution is 6.01. The summed E-state index contributed by atoms with van der Waals surface area (Å²) in [7, 11) is 4.73. The van der Waals surface area contributed by atoms with Gasteiger partial charge in [0.2, 0.25) is 0 Å². The lowest BCUT2D eigenvalue weighted by Crippen LogP contribution is -2.37. The number of aromatic nitrogens is 3. The van der Waals surface area contributed by atoms with Gasteiger partial charge in [-0.3, -0.25) is 14.8 Å². The number of benzene rings is 2. The SMILES string of the molecule is CN=CC(C=N)c1cnc2c(N3CCOCC3)nc(-c3ccc(NC(=O)Nc4ccc(C(=O)N(C)C)c(F)c4)cc3)nc2c1. The van der Waals surface area contributed by atoms with Gasteiger partial charge in [0.25, 0.3) is 5.91 Å². The van der Waals surface area contributed by atoms with E-state index in [9.17, 15) is 14.0 Å². The van der Waals surface area contributed by atoms with Crippen LogP contribution in [0.3, 0.4) is 0 Å². The summed E-state index contributed by atoms with van der Waals surface area (Å²) in [4.78, 5) is 46.5. The van der Waals surface area contributed by atoms with Crippen molar-refractivity contribution in [2.75, 3.05) is 63.0 Å². The molecular formula is C31H32FN9O3. The zero-order chi connectivity index (χ0) is 31.2. The molecule has 1 aliphatic heterocycles. The summed E-state index contributed by atoms with van der Waals surface area (Å²) in [5, 5.41) is 13.1. The number of carbonyl (C=O) groups is 2. The van der Waals surface area contributed by atoms with Crippen molar-refractivity contribution in [2.45, 2.75) is 5.92 Å². The molecule has 1 unspecified atom stereocenters. The van der Waals surface area contributed by atoms with Crippen molar-refractivity contribution in [1.29, 1.82) is 5.41 Å². The van der Waals surface area contributed by atoms with Gasteiger partial charge in [0, 0.05) is 69.8 Å². The molecule has 2 aromatic carbocycles. The number of aliphatic imine (C=N–C) groups is 1. The van der Waals surface area contributed by atoms with E-state index in [4.69, 9.17) is 20.1 Å². The van der Waals surface area contributed by atoms with E-state index in [1.807, 2.05) is 6.07 Å². The lowest BCUT2D eigenvalue weighted by molar-refractivity contribution is 0.0823. The van der Waals surface area contributed by atoms with Gasteiger partial charge >= 0.3 is 6.03 Å². The molecule has 44 heavy (non-hydrogen) atoms. The molecule has 12 nitrogen and oxygen atoms in total. The smallest absolute Gasteiger partial charge is 0.323 e.